The lowest BCUT2D eigenvalue weighted by molar-refractivity contribution is -0.115. The number of carbonyl (C=O) groups excluding carboxylic acids is 1. The molecule has 0 aliphatic carbocycles. The van der Waals surface area contributed by atoms with Crippen molar-refractivity contribution in [3.8, 4) is 16.3 Å². The summed E-state index contributed by atoms with van der Waals surface area (Å²) in [4.78, 5) is 16.8. The van der Waals surface area contributed by atoms with Gasteiger partial charge in [-0.25, -0.2) is 4.98 Å². The van der Waals surface area contributed by atoms with E-state index in [1.807, 2.05) is 42.6 Å². The number of nitrogens with zero attached hydrogens (tertiary/aromatic N) is 1. The Balaban J connectivity index is 1.69. The zero-order valence-electron chi connectivity index (χ0n) is 13.9. The van der Waals surface area contributed by atoms with Crippen LogP contribution in [-0.2, 0) is 11.2 Å². The molecule has 128 valence electrons. The normalized spacial score (nSPS) is 10.5. The zero-order chi connectivity index (χ0) is 17.8. The monoisotopic (exact) mass is 372 g/mol. The number of nitrogens with one attached hydrogen (secondary N) is 1. The van der Waals surface area contributed by atoms with Crippen LogP contribution in [0.25, 0.3) is 10.6 Å². The van der Waals surface area contributed by atoms with Crippen molar-refractivity contribution in [2.75, 3.05) is 12.4 Å². The lowest BCUT2D eigenvalue weighted by Gasteiger charge is -2.07. The van der Waals surface area contributed by atoms with E-state index in [1.165, 1.54) is 11.3 Å². The van der Waals surface area contributed by atoms with Crippen molar-refractivity contribution in [2.24, 2.45) is 0 Å². The Morgan fingerprint density at radius 3 is 2.88 bits per heavy atom. The zero-order valence-corrected chi connectivity index (χ0v) is 15.4. The molecule has 1 amide bonds. The van der Waals surface area contributed by atoms with Gasteiger partial charge in [0.25, 0.3) is 0 Å². The number of aryl methyl sites for hydroxylation is 1. The molecule has 3 rings (SSSR count). The highest BCUT2D eigenvalue weighted by molar-refractivity contribution is 7.13. The van der Waals surface area contributed by atoms with Gasteiger partial charge in [-0.3, -0.25) is 4.79 Å². The molecule has 0 unspecified atom stereocenters. The number of anilines is 1. The molecular formula is C19H17ClN2O2S. The summed E-state index contributed by atoms with van der Waals surface area (Å²) in [6.07, 6.45) is 0.225. The fraction of sp³-hybridized carbons (Fsp3) is 0.158. The fourth-order valence-corrected chi connectivity index (χ4v) is 3.45. The van der Waals surface area contributed by atoms with Crippen LogP contribution in [0.4, 0.5) is 5.69 Å². The molecular weight excluding hydrogens is 356 g/mol. The molecule has 0 aliphatic rings. The molecule has 0 atom stereocenters. The molecule has 0 aliphatic heterocycles. The summed E-state index contributed by atoms with van der Waals surface area (Å²) in [5.41, 5.74) is 3.41. The van der Waals surface area contributed by atoms with Gasteiger partial charge in [0.1, 0.15) is 10.8 Å². The first-order valence-corrected chi connectivity index (χ1v) is 8.96. The van der Waals surface area contributed by atoms with E-state index in [4.69, 9.17) is 16.3 Å². The number of ether oxygens (including phenoxy) is 1. The third kappa shape index (κ3) is 4.38. The first kappa shape index (κ1) is 17.5. The maximum atomic E-state index is 12.3. The molecule has 2 aromatic carbocycles. The van der Waals surface area contributed by atoms with Crippen LogP contribution >= 0.6 is 22.9 Å². The van der Waals surface area contributed by atoms with Gasteiger partial charge in [0.15, 0.2) is 0 Å². The summed E-state index contributed by atoms with van der Waals surface area (Å²) >= 11 is 7.45. The van der Waals surface area contributed by atoms with Gasteiger partial charge in [-0.1, -0.05) is 23.7 Å². The number of halogens is 1. The van der Waals surface area contributed by atoms with Crippen LogP contribution in [0.3, 0.4) is 0 Å². The van der Waals surface area contributed by atoms with Crippen LogP contribution in [0.1, 0.15) is 11.3 Å². The molecule has 3 aromatic rings. The molecule has 0 fully saturated rings. The summed E-state index contributed by atoms with van der Waals surface area (Å²) in [5.74, 6) is 0.679. The SMILES string of the molecule is COc1cccc(-c2nc(CC(=O)Nc3ccc(Cl)cc3C)cs2)c1. The summed E-state index contributed by atoms with van der Waals surface area (Å²) < 4.78 is 5.24. The molecule has 0 spiro atoms. The molecule has 0 radical (unpaired) electrons. The standard InChI is InChI=1S/C19H17ClN2O2S/c1-12-8-14(20)6-7-17(12)22-18(23)10-15-11-25-19(21-15)13-4-3-5-16(9-13)24-2/h3-9,11H,10H2,1-2H3,(H,22,23). The van der Waals surface area contributed by atoms with Crippen LogP contribution in [0.5, 0.6) is 5.75 Å². The second-order valence-corrected chi connectivity index (χ2v) is 6.85. The average molecular weight is 373 g/mol. The number of thiazole rings is 1. The van der Waals surface area contributed by atoms with E-state index in [-0.39, 0.29) is 12.3 Å². The van der Waals surface area contributed by atoms with E-state index < -0.39 is 0 Å². The van der Waals surface area contributed by atoms with Crippen molar-refractivity contribution in [3.63, 3.8) is 0 Å². The van der Waals surface area contributed by atoms with Crippen LogP contribution in [0.2, 0.25) is 5.02 Å². The predicted octanol–water partition coefficient (Wildman–Crippen LogP) is 4.96. The number of hydrogen-bond donors (Lipinski definition) is 1. The lowest BCUT2D eigenvalue weighted by atomic mass is 10.2. The highest BCUT2D eigenvalue weighted by Gasteiger charge is 2.11. The number of amides is 1. The number of hydrogen-bond acceptors (Lipinski definition) is 4. The smallest absolute Gasteiger partial charge is 0.230 e. The van der Waals surface area contributed by atoms with Gasteiger partial charge in [0, 0.05) is 21.7 Å². The summed E-state index contributed by atoms with van der Waals surface area (Å²) in [6, 6.07) is 13.1. The Kier molecular flexibility index (Phi) is 5.36. The first-order chi connectivity index (χ1) is 12.0. The maximum absolute atomic E-state index is 12.3. The third-order valence-corrected chi connectivity index (χ3v) is 4.85. The molecule has 1 heterocycles. The molecule has 0 bridgehead atoms. The number of rotatable bonds is 5. The van der Waals surface area contributed by atoms with Crippen molar-refractivity contribution in [3.05, 3.63) is 64.1 Å². The van der Waals surface area contributed by atoms with Gasteiger partial charge in [-0.2, -0.15) is 0 Å². The Hall–Kier alpha value is -2.37. The number of carbonyl (C=O) groups is 1. The molecule has 25 heavy (non-hydrogen) atoms. The van der Waals surface area contributed by atoms with Gasteiger partial charge in [-0.05, 0) is 42.8 Å². The number of aromatic nitrogens is 1. The van der Waals surface area contributed by atoms with E-state index in [0.29, 0.717) is 5.02 Å². The quantitative estimate of drug-likeness (QED) is 0.688. The van der Waals surface area contributed by atoms with Gasteiger partial charge in [0.2, 0.25) is 5.91 Å². The van der Waals surface area contributed by atoms with Crippen molar-refractivity contribution in [1.82, 2.24) is 4.98 Å². The molecule has 1 N–H and O–H groups in total. The van der Waals surface area contributed by atoms with E-state index in [2.05, 4.69) is 10.3 Å². The van der Waals surface area contributed by atoms with Crippen molar-refractivity contribution in [1.29, 1.82) is 0 Å². The first-order valence-electron chi connectivity index (χ1n) is 7.70. The third-order valence-electron chi connectivity index (χ3n) is 3.67. The minimum absolute atomic E-state index is 0.104. The van der Waals surface area contributed by atoms with Gasteiger partial charge in [0.05, 0.1) is 19.2 Å². The van der Waals surface area contributed by atoms with Crippen molar-refractivity contribution < 1.29 is 9.53 Å². The topological polar surface area (TPSA) is 51.2 Å². The molecule has 0 saturated carbocycles. The second-order valence-electron chi connectivity index (χ2n) is 5.56. The van der Waals surface area contributed by atoms with E-state index in [1.54, 1.807) is 19.2 Å². The van der Waals surface area contributed by atoms with E-state index in [0.717, 1.165) is 33.3 Å². The summed E-state index contributed by atoms with van der Waals surface area (Å²) in [6.45, 7) is 1.91. The van der Waals surface area contributed by atoms with Crippen LogP contribution < -0.4 is 10.1 Å². The van der Waals surface area contributed by atoms with Gasteiger partial charge < -0.3 is 10.1 Å². The highest BCUT2D eigenvalue weighted by atomic mass is 35.5. The number of methoxy groups -OCH3 is 1. The molecule has 4 nitrogen and oxygen atoms in total. The van der Waals surface area contributed by atoms with Crippen molar-refractivity contribution >= 4 is 34.5 Å². The number of benzene rings is 2. The Labute approximate surface area is 155 Å². The molecule has 1 aromatic heterocycles. The highest BCUT2D eigenvalue weighted by Crippen LogP contribution is 2.27. The fourth-order valence-electron chi connectivity index (χ4n) is 2.40. The van der Waals surface area contributed by atoms with Gasteiger partial charge >= 0.3 is 0 Å². The van der Waals surface area contributed by atoms with Crippen molar-refractivity contribution in [2.45, 2.75) is 13.3 Å². The van der Waals surface area contributed by atoms with E-state index >= 15 is 0 Å². The summed E-state index contributed by atoms with van der Waals surface area (Å²) in [5, 5.41) is 6.32. The lowest BCUT2D eigenvalue weighted by Crippen LogP contribution is -2.15. The second kappa shape index (κ2) is 7.68. The van der Waals surface area contributed by atoms with Gasteiger partial charge in [-0.15, -0.1) is 11.3 Å². The molecule has 6 heteroatoms. The minimum atomic E-state index is -0.104. The maximum Gasteiger partial charge on any atom is 0.230 e. The predicted molar refractivity (Wildman–Crippen MR) is 103 cm³/mol. The van der Waals surface area contributed by atoms with Crippen LogP contribution in [0.15, 0.2) is 47.8 Å². The minimum Gasteiger partial charge on any atom is -0.497 e. The van der Waals surface area contributed by atoms with Crippen LogP contribution in [0, 0.1) is 6.92 Å². The Bertz CT molecular complexity index is 908. The van der Waals surface area contributed by atoms with E-state index in [9.17, 15) is 4.79 Å². The van der Waals surface area contributed by atoms with Crippen LogP contribution in [-0.4, -0.2) is 18.0 Å². The largest absolute Gasteiger partial charge is 0.497 e. The Morgan fingerprint density at radius 2 is 2.12 bits per heavy atom. The molecule has 0 saturated heterocycles. The summed E-state index contributed by atoms with van der Waals surface area (Å²) in [7, 11) is 1.63. The average Bonchev–Trinajstić information content (AvgIpc) is 3.06. The Morgan fingerprint density at radius 1 is 1.28 bits per heavy atom.